The summed E-state index contributed by atoms with van der Waals surface area (Å²) in [5.41, 5.74) is -4.03. The van der Waals surface area contributed by atoms with Crippen LogP contribution in [0.15, 0.2) is 41.9 Å². The maximum atomic E-state index is 12.6. The summed E-state index contributed by atoms with van der Waals surface area (Å²) in [6, 6.07) is 6.25. The van der Waals surface area contributed by atoms with E-state index in [4.69, 9.17) is 4.74 Å². The third-order valence-corrected chi connectivity index (χ3v) is 4.18. The second kappa shape index (κ2) is 4.59. The molecule has 0 saturated carbocycles. The number of hydrogen-bond donors (Lipinski definition) is 2. The minimum absolute atomic E-state index is 0.0573. The third kappa shape index (κ3) is 1.53. The number of carbonyl (C=O) groups excluding carboxylic acids is 2. The average molecular weight is 301 g/mol. The molecule has 1 aromatic carbocycles. The van der Waals surface area contributed by atoms with Crippen molar-refractivity contribution in [3.8, 4) is 0 Å². The molecule has 0 saturated heterocycles. The number of aliphatic hydroxyl groups is 2. The number of nitrogens with zero attached hydrogens (tertiary/aromatic N) is 1. The summed E-state index contributed by atoms with van der Waals surface area (Å²) in [4.78, 5) is 28.9. The number of benzene rings is 1. The largest absolute Gasteiger partial charge is 0.461 e. The van der Waals surface area contributed by atoms with Crippen LogP contribution >= 0.6 is 0 Å². The number of hydrogen-bond acceptors (Lipinski definition) is 6. The molecule has 22 heavy (non-hydrogen) atoms. The van der Waals surface area contributed by atoms with Gasteiger partial charge < -0.3 is 14.9 Å². The highest BCUT2D eigenvalue weighted by atomic mass is 16.5. The number of Topliss-reactive ketones (excluding diaryl/α,β-unsaturated/α-hetero) is 1. The van der Waals surface area contributed by atoms with Crippen LogP contribution in [0, 0.1) is 5.92 Å². The van der Waals surface area contributed by atoms with Crippen LogP contribution in [-0.4, -0.2) is 39.9 Å². The molecule has 0 aromatic heterocycles. The van der Waals surface area contributed by atoms with E-state index < -0.39 is 29.0 Å². The number of fused-ring (bicyclic) bond motifs is 3. The number of aliphatic imine (C=N–C) groups is 1. The monoisotopic (exact) mass is 301 g/mol. The van der Waals surface area contributed by atoms with Crippen LogP contribution in [0.25, 0.3) is 0 Å². The summed E-state index contributed by atoms with van der Waals surface area (Å²) in [6.45, 7) is 4.86. The molecular weight excluding hydrogens is 286 g/mol. The molecule has 1 heterocycles. The Bertz CT molecular complexity index is 725. The fraction of sp³-hybridized carbons (Fsp3) is 0.312. The molecule has 0 bridgehead atoms. The Morgan fingerprint density at radius 1 is 1.45 bits per heavy atom. The van der Waals surface area contributed by atoms with Gasteiger partial charge in [0.05, 0.1) is 0 Å². The van der Waals surface area contributed by atoms with E-state index in [1.165, 1.54) is 25.1 Å². The zero-order valence-corrected chi connectivity index (χ0v) is 11.9. The Labute approximate surface area is 126 Å². The van der Waals surface area contributed by atoms with Gasteiger partial charge in [-0.25, -0.2) is 0 Å². The van der Waals surface area contributed by atoms with Gasteiger partial charge >= 0.3 is 5.97 Å². The second-order valence-electron chi connectivity index (χ2n) is 5.42. The van der Waals surface area contributed by atoms with Gasteiger partial charge in [-0.1, -0.05) is 36.9 Å². The Balaban J connectivity index is 2.14. The van der Waals surface area contributed by atoms with Gasteiger partial charge in [-0.05, 0) is 6.92 Å². The van der Waals surface area contributed by atoms with E-state index in [-0.39, 0.29) is 23.4 Å². The van der Waals surface area contributed by atoms with Crippen LogP contribution in [0.2, 0.25) is 0 Å². The highest BCUT2D eigenvalue weighted by Gasteiger charge is 2.72. The van der Waals surface area contributed by atoms with Crippen LogP contribution in [-0.2, 0) is 15.3 Å². The second-order valence-corrected chi connectivity index (χ2v) is 5.42. The molecular formula is C16H15NO5. The van der Waals surface area contributed by atoms with Crippen LogP contribution in [0.5, 0.6) is 0 Å². The normalized spacial score (nSPS) is 32.2. The van der Waals surface area contributed by atoms with Crippen molar-refractivity contribution in [3.05, 3.63) is 48.0 Å². The van der Waals surface area contributed by atoms with Crippen molar-refractivity contribution in [2.75, 3.05) is 6.61 Å². The molecule has 0 amide bonds. The minimum Gasteiger partial charge on any atom is -0.461 e. The molecule has 3 rings (SSSR count). The van der Waals surface area contributed by atoms with Gasteiger partial charge in [-0.3, -0.25) is 14.6 Å². The first-order chi connectivity index (χ1) is 10.4. The van der Waals surface area contributed by atoms with Gasteiger partial charge in [-0.15, -0.1) is 0 Å². The number of rotatable bonds is 3. The van der Waals surface area contributed by atoms with Crippen LogP contribution in [0.1, 0.15) is 22.8 Å². The summed E-state index contributed by atoms with van der Waals surface area (Å²) in [5.74, 6) is -2.90. The zero-order chi connectivity index (χ0) is 16.1. The maximum Gasteiger partial charge on any atom is 0.318 e. The van der Waals surface area contributed by atoms with Gasteiger partial charge in [0.15, 0.2) is 5.60 Å². The smallest absolute Gasteiger partial charge is 0.318 e. The number of esters is 1. The van der Waals surface area contributed by atoms with Crippen molar-refractivity contribution < 1.29 is 24.5 Å². The maximum absolute atomic E-state index is 12.6. The molecule has 1 aliphatic carbocycles. The van der Waals surface area contributed by atoms with E-state index in [9.17, 15) is 19.8 Å². The zero-order valence-electron chi connectivity index (χ0n) is 11.9. The molecule has 1 aromatic rings. The molecule has 0 spiro atoms. The van der Waals surface area contributed by atoms with Gasteiger partial charge in [0.2, 0.25) is 11.5 Å². The van der Waals surface area contributed by atoms with Crippen molar-refractivity contribution in [2.24, 2.45) is 10.9 Å². The number of ether oxygens (including phenoxy) is 1. The fourth-order valence-corrected chi connectivity index (χ4v) is 3.22. The quantitative estimate of drug-likeness (QED) is 0.629. The molecule has 1 unspecified atom stereocenters. The molecule has 2 N–H and O–H groups in total. The van der Waals surface area contributed by atoms with Crippen LogP contribution in [0.3, 0.4) is 0 Å². The lowest BCUT2D eigenvalue weighted by atomic mass is 9.79. The number of ketones is 1. The van der Waals surface area contributed by atoms with E-state index in [1.54, 1.807) is 12.1 Å². The van der Waals surface area contributed by atoms with Crippen molar-refractivity contribution in [2.45, 2.75) is 18.2 Å². The van der Waals surface area contributed by atoms with E-state index in [0.717, 1.165) is 0 Å². The van der Waals surface area contributed by atoms with E-state index in [1.807, 2.05) is 0 Å². The van der Waals surface area contributed by atoms with E-state index >= 15 is 0 Å². The van der Waals surface area contributed by atoms with Crippen molar-refractivity contribution in [3.63, 3.8) is 0 Å². The van der Waals surface area contributed by atoms with Crippen LogP contribution in [0.4, 0.5) is 0 Å². The first-order valence-corrected chi connectivity index (χ1v) is 6.81. The Morgan fingerprint density at radius 3 is 2.82 bits per heavy atom. The molecule has 0 fully saturated rings. The minimum atomic E-state index is -2.38. The van der Waals surface area contributed by atoms with Gasteiger partial charge in [0.1, 0.15) is 12.5 Å². The van der Waals surface area contributed by atoms with Crippen LogP contribution < -0.4 is 0 Å². The Morgan fingerprint density at radius 2 is 2.14 bits per heavy atom. The first-order valence-electron chi connectivity index (χ1n) is 6.81. The molecule has 0 radical (unpaired) electrons. The molecule has 6 nitrogen and oxygen atoms in total. The summed E-state index contributed by atoms with van der Waals surface area (Å²) < 4.78 is 4.95. The molecule has 2 aliphatic rings. The SMILES string of the molecule is C=CCOC(=O)C1C(C)=N[C@]2(O)c3ccccc3C(=O)[C@]12O. The standard InChI is InChI=1S/C16H15NO5/c1-3-8-22-14(19)12-9(2)17-16(21)11-7-5-4-6-10(11)13(18)15(12,16)20/h3-7,12,20-21H,1,8H2,2H3/t12?,15-,16+/m1/s1. The first kappa shape index (κ1) is 14.6. The molecule has 114 valence electrons. The molecule has 3 atom stereocenters. The Kier molecular flexibility index (Phi) is 3.05. The lowest BCUT2D eigenvalue weighted by Gasteiger charge is -2.31. The molecule has 1 aliphatic heterocycles. The van der Waals surface area contributed by atoms with Crippen molar-refractivity contribution >= 4 is 17.5 Å². The Hall–Kier alpha value is -2.31. The lowest BCUT2D eigenvalue weighted by Crippen LogP contribution is -2.56. The summed E-state index contributed by atoms with van der Waals surface area (Å²) in [6.07, 6.45) is 1.38. The van der Waals surface area contributed by atoms with Gasteiger partial charge in [0.25, 0.3) is 0 Å². The van der Waals surface area contributed by atoms with Crippen molar-refractivity contribution in [1.29, 1.82) is 0 Å². The highest BCUT2D eigenvalue weighted by molar-refractivity contribution is 6.18. The fourth-order valence-electron chi connectivity index (χ4n) is 3.22. The predicted octanol–water partition coefficient (Wildman–Crippen LogP) is 0.579. The van der Waals surface area contributed by atoms with Gasteiger partial charge in [-0.2, -0.15) is 0 Å². The van der Waals surface area contributed by atoms with Crippen molar-refractivity contribution in [1.82, 2.24) is 0 Å². The molecule has 6 heteroatoms. The average Bonchev–Trinajstić information content (AvgIpc) is 2.80. The highest BCUT2D eigenvalue weighted by Crippen LogP contribution is 2.53. The third-order valence-electron chi connectivity index (χ3n) is 4.18. The summed E-state index contributed by atoms with van der Waals surface area (Å²) in [5, 5.41) is 21.8. The van der Waals surface area contributed by atoms with E-state index in [0.29, 0.717) is 0 Å². The summed E-state index contributed by atoms with van der Waals surface area (Å²) >= 11 is 0. The number of carbonyl (C=O) groups is 2. The lowest BCUT2D eigenvalue weighted by molar-refractivity contribution is -0.163. The summed E-state index contributed by atoms with van der Waals surface area (Å²) in [7, 11) is 0. The van der Waals surface area contributed by atoms with E-state index in [2.05, 4.69) is 11.6 Å². The topological polar surface area (TPSA) is 96.2 Å². The van der Waals surface area contributed by atoms with Gasteiger partial charge in [0, 0.05) is 16.8 Å². The predicted molar refractivity (Wildman–Crippen MR) is 77.4 cm³/mol.